The first-order chi connectivity index (χ1) is 15.6. The highest BCUT2D eigenvalue weighted by atomic mass is 32.2. The predicted molar refractivity (Wildman–Crippen MR) is 115 cm³/mol. The quantitative estimate of drug-likeness (QED) is 0.604. The lowest BCUT2D eigenvalue weighted by molar-refractivity contribution is -0.162. The number of rotatable bonds is 7. The van der Waals surface area contributed by atoms with Crippen LogP contribution in [0.2, 0.25) is 0 Å². The maximum atomic E-state index is 13.1. The Hall–Kier alpha value is -2.90. The molecular formula is C23H24F3N3O3S. The summed E-state index contributed by atoms with van der Waals surface area (Å²) in [5, 5.41) is 8.86. The summed E-state index contributed by atoms with van der Waals surface area (Å²) in [7, 11) is -3.63. The van der Waals surface area contributed by atoms with Gasteiger partial charge in [-0.25, -0.2) is 8.42 Å². The third kappa shape index (κ3) is 6.79. The largest absolute Gasteiger partial charge is 0.406 e. The number of carbonyl (C=O) groups is 1. The van der Waals surface area contributed by atoms with Crippen LogP contribution in [0.1, 0.15) is 36.0 Å². The highest BCUT2D eigenvalue weighted by molar-refractivity contribution is 7.89. The number of hydrogen-bond donors (Lipinski definition) is 0. The van der Waals surface area contributed by atoms with E-state index in [9.17, 15) is 26.4 Å². The summed E-state index contributed by atoms with van der Waals surface area (Å²) in [5.41, 5.74) is 1.26. The van der Waals surface area contributed by atoms with Crippen LogP contribution in [0, 0.1) is 11.3 Å². The van der Waals surface area contributed by atoms with E-state index in [1.807, 2.05) is 6.07 Å². The molecule has 0 N–H and O–H groups in total. The number of nitrogens with zero attached hydrogens (tertiary/aromatic N) is 3. The standard InChI is InChI=1S/C23H24F3N3O3S/c24-23(25,26)17-28(16-20-6-4-19(15-27)5-7-20)22(30)14-18-8-10-21(11-9-18)33(31,32)29-12-2-1-3-13-29/h4-11H,1-3,12-14,16-17H2. The number of carbonyl (C=O) groups excluding carboxylic acids is 1. The molecule has 1 amide bonds. The molecule has 0 spiro atoms. The molecule has 10 heteroatoms. The molecule has 1 aliphatic rings. The first-order valence-electron chi connectivity index (χ1n) is 10.5. The average Bonchev–Trinajstić information content (AvgIpc) is 2.79. The maximum absolute atomic E-state index is 13.1. The van der Waals surface area contributed by atoms with Crippen molar-refractivity contribution in [3.8, 4) is 6.07 Å². The van der Waals surface area contributed by atoms with Crippen molar-refractivity contribution >= 4 is 15.9 Å². The zero-order valence-corrected chi connectivity index (χ0v) is 18.7. The van der Waals surface area contributed by atoms with Gasteiger partial charge in [0.25, 0.3) is 0 Å². The van der Waals surface area contributed by atoms with Gasteiger partial charge in [-0.05, 0) is 48.2 Å². The molecule has 0 bridgehead atoms. The molecule has 0 saturated carbocycles. The van der Waals surface area contributed by atoms with Crippen LogP contribution >= 0.6 is 0 Å². The SMILES string of the molecule is N#Cc1ccc(CN(CC(F)(F)F)C(=O)Cc2ccc(S(=O)(=O)N3CCCCC3)cc2)cc1. The minimum Gasteiger partial charge on any atom is -0.329 e. The van der Waals surface area contributed by atoms with E-state index in [1.165, 1.54) is 52.8 Å². The minimum absolute atomic E-state index is 0.102. The summed E-state index contributed by atoms with van der Waals surface area (Å²) in [5.74, 6) is -0.733. The predicted octanol–water partition coefficient (Wildman–Crippen LogP) is 3.87. The lowest BCUT2D eigenvalue weighted by Gasteiger charge is -2.26. The Bertz CT molecular complexity index is 1100. The zero-order chi connectivity index (χ0) is 24.1. The van der Waals surface area contributed by atoms with E-state index in [4.69, 9.17) is 5.26 Å². The van der Waals surface area contributed by atoms with Gasteiger partial charge in [0.15, 0.2) is 0 Å². The summed E-state index contributed by atoms with van der Waals surface area (Å²) >= 11 is 0. The zero-order valence-electron chi connectivity index (χ0n) is 17.9. The number of benzene rings is 2. The van der Waals surface area contributed by atoms with Gasteiger partial charge in [-0.15, -0.1) is 0 Å². The van der Waals surface area contributed by atoms with Gasteiger partial charge >= 0.3 is 6.18 Å². The van der Waals surface area contributed by atoms with E-state index in [1.54, 1.807) is 0 Å². The summed E-state index contributed by atoms with van der Waals surface area (Å²) in [6.45, 7) is -0.743. The second-order valence-corrected chi connectivity index (χ2v) is 9.90. The van der Waals surface area contributed by atoms with Gasteiger partial charge in [0.05, 0.1) is 22.9 Å². The first-order valence-corrected chi connectivity index (χ1v) is 12.0. The molecule has 2 aromatic rings. The van der Waals surface area contributed by atoms with Gasteiger partial charge in [0.1, 0.15) is 6.54 Å². The molecule has 3 rings (SSSR count). The number of sulfonamides is 1. The van der Waals surface area contributed by atoms with Crippen molar-refractivity contribution < 1.29 is 26.4 Å². The second kappa shape index (κ2) is 10.4. The molecule has 0 aromatic heterocycles. The van der Waals surface area contributed by atoms with Gasteiger partial charge in [0.2, 0.25) is 15.9 Å². The fourth-order valence-electron chi connectivity index (χ4n) is 3.67. The van der Waals surface area contributed by atoms with E-state index in [0.717, 1.165) is 19.3 Å². The fraction of sp³-hybridized carbons (Fsp3) is 0.391. The van der Waals surface area contributed by atoms with Crippen molar-refractivity contribution in [3.63, 3.8) is 0 Å². The number of hydrogen-bond acceptors (Lipinski definition) is 4. The smallest absolute Gasteiger partial charge is 0.329 e. The van der Waals surface area contributed by atoms with Crippen LogP contribution in [-0.2, 0) is 27.8 Å². The van der Waals surface area contributed by atoms with E-state index in [0.29, 0.717) is 34.7 Å². The molecule has 176 valence electrons. The van der Waals surface area contributed by atoms with Crippen LogP contribution in [0.25, 0.3) is 0 Å². The van der Waals surface area contributed by atoms with Crippen LogP contribution in [0.5, 0.6) is 0 Å². The molecule has 0 aliphatic carbocycles. The molecule has 1 heterocycles. The number of nitriles is 1. The van der Waals surface area contributed by atoms with Crippen molar-refractivity contribution in [2.45, 2.75) is 43.3 Å². The molecule has 0 radical (unpaired) electrons. The lowest BCUT2D eigenvalue weighted by atomic mass is 10.1. The number of alkyl halides is 3. The van der Waals surface area contributed by atoms with Gasteiger partial charge in [0, 0.05) is 19.6 Å². The highest BCUT2D eigenvalue weighted by Gasteiger charge is 2.33. The molecule has 0 atom stereocenters. The maximum Gasteiger partial charge on any atom is 0.406 e. The summed E-state index contributed by atoms with van der Waals surface area (Å²) in [6.07, 6.45) is -2.27. The van der Waals surface area contributed by atoms with E-state index >= 15 is 0 Å². The number of amides is 1. The van der Waals surface area contributed by atoms with Gasteiger partial charge in [-0.2, -0.15) is 22.7 Å². The Morgan fingerprint density at radius 3 is 2.09 bits per heavy atom. The Kier molecular flexibility index (Phi) is 7.76. The Morgan fingerprint density at radius 2 is 1.55 bits per heavy atom. The van der Waals surface area contributed by atoms with E-state index < -0.39 is 28.7 Å². The second-order valence-electron chi connectivity index (χ2n) is 7.96. The Balaban J connectivity index is 1.72. The van der Waals surface area contributed by atoms with Crippen molar-refractivity contribution in [1.82, 2.24) is 9.21 Å². The van der Waals surface area contributed by atoms with Gasteiger partial charge in [-0.3, -0.25) is 4.79 Å². The summed E-state index contributed by atoms with van der Waals surface area (Å²) in [6, 6.07) is 13.6. The van der Waals surface area contributed by atoms with Crippen molar-refractivity contribution in [3.05, 3.63) is 65.2 Å². The van der Waals surface area contributed by atoms with E-state index in [2.05, 4.69) is 0 Å². The minimum atomic E-state index is -4.57. The molecule has 2 aromatic carbocycles. The van der Waals surface area contributed by atoms with E-state index in [-0.39, 0.29) is 17.9 Å². The topological polar surface area (TPSA) is 81.5 Å². The molecular weight excluding hydrogens is 455 g/mol. The van der Waals surface area contributed by atoms with Crippen LogP contribution in [0.3, 0.4) is 0 Å². The molecule has 1 fully saturated rings. The monoisotopic (exact) mass is 479 g/mol. The van der Waals surface area contributed by atoms with Gasteiger partial charge < -0.3 is 4.90 Å². The molecule has 33 heavy (non-hydrogen) atoms. The summed E-state index contributed by atoms with van der Waals surface area (Å²) in [4.78, 5) is 13.5. The number of piperidine rings is 1. The first kappa shape index (κ1) is 24.7. The molecule has 0 unspecified atom stereocenters. The lowest BCUT2D eigenvalue weighted by Crippen LogP contribution is -2.39. The van der Waals surface area contributed by atoms with Crippen LogP contribution < -0.4 is 0 Å². The molecule has 1 saturated heterocycles. The van der Waals surface area contributed by atoms with Crippen LogP contribution in [-0.4, -0.2) is 49.3 Å². The van der Waals surface area contributed by atoms with Crippen molar-refractivity contribution in [2.75, 3.05) is 19.6 Å². The average molecular weight is 480 g/mol. The van der Waals surface area contributed by atoms with Gasteiger partial charge in [-0.1, -0.05) is 30.7 Å². The fourth-order valence-corrected chi connectivity index (χ4v) is 5.19. The molecule has 1 aliphatic heterocycles. The number of halogens is 3. The normalized spacial score (nSPS) is 15.1. The summed E-state index contributed by atoms with van der Waals surface area (Å²) < 4.78 is 66.1. The molecule has 6 nitrogen and oxygen atoms in total. The third-order valence-electron chi connectivity index (χ3n) is 5.41. The highest BCUT2D eigenvalue weighted by Crippen LogP contribution is 2.22. The Labute approximate surface area is 191 Å². The van der Waals surface area contributed by atoms with Crippen LogP contribution in [0.15, 0.2) is 53.4 Å². The van der Waals surface area contributed by atoms with Crippen molar-refractivity contribution in [1.29, 1.82) is 5.26 Å². The van der Waals surface area contributed by atoms with Crippen LogP contribution in [0.4, 0.5) is 13.2 Å². The Morgan fingerprint density at radius 1 is 0.970 bits per heavy atom. The third-order valence-corrected chi connectivity index (χ3v) is 7.32. The van der Waals surface area contributed by atoms with Crippen molar-refractivity contribution in [2.24, 2.45) is 0 Å².